The van der Waals surface area contributed by atoms with Gasteiger partial charge in [0, 0.05) is 19.0 Å². The summed E-state index contributed by atoms with van der Waals surface area (Å²) < 4.78 is 5.15. The van der Waals surface area contributed by atoms with Gasteiger partial charge in [0.05, 0.1) is 6.04 Å². The number of carbonyl (C=O) groups is 2. The Morgan fingerprint density at radius 3 is 2.29 bits per heavy atom. The summed E-state index contributed by atoms with van der Waals surface area (Å²) in [6.45, 7) is 6.73. The normalized spacial score (nSPS) is 20.8. The van der Waals surface area contributed by atoms with Crippen LogP contribution in [0.5, 0.6) is 0 Å². The van der Waals surface area contributed by atoms with Gasteiger partial charge in [-0.3, -0.25) is 4.79 Å². The second kappa shape index (κ2) is 4.20. The summed E-state index contributed by atoms with van der Waals surface area (Å²) in [5.74, 6) is 0.504. The first kappa shape index (κ1) is 12.2. The summed E-state index contributed by atoms with van der Waals surface area (Å²) in [4.78, 5) is 24.9. The molecule has 5 nitrogen and oxygen atoms in total. The maximum Gasteiger partial charge on any atom is 0.407 e. The molecule has 0 aromatic carbocycles. The lowest BCUT2D eigenvalue weighted by Crippen LogP contribution is -2.61. The topological polar surface area (TPSA) is 58.6 Å². The van der Waals surface area contributed by atoms with Gasteiger partial charge in [0.15, 0.2) is 0 Å². The average molecular weight is 240 g/mol. The van der Waals surface area contributed by atoms with Gasteiger partial charge in [0.25, 0.3) is 0 Å². The summed E-state index contributed by atoms with van der Waals surface area (Å²) in [5.41, 5.74) is -0.475. The number of nitrogens with zero attached hydrogens (tertiary/aromatic N) is 1. The second-order valence-corrected chi connectivity index (χ2v) is 5.86. The minimum Gasteiger partial charge on any atom is -0.444 e. The van der Waals surface area contributed by atoms with Gasteiger partial charge >= 0.3 is 6.09 Å². The van der Waals surface area contributed by atoms with Gasteiger partial charge in [0.2, 0.25) is 5.91 Å². The number of nitrogens with one attached hydrogen (secondary N) is 1. The van der Waals surface area contributed by atoms with E-state index in [0.717, 1.165) is 12.8 Å². The molecule has 5 heteroatoms. The van der Waals surface area contributed by atoms with Crippen LogP contribution in [0.3, 0.4) is 0 Å². The first-order valence-electron chi connectivity index (χ1n) is 6.13. The fraction of sp³-hybridized carbons (Fsp3) is 0.833. The number of ether oxygens (including phenoxy) is 1. The third-order valence-corrected chi connectivity index (χ3v) is 2.84. The molecule has 1 saturated carbocycles. The van der Waals surface area contributed by atoms with Crippen LogP contribution in [0.4, 0.5) is 4.79 Å². The van der Waals surface area contributed by atoms with Crippen molar-refractivity contribution in [1.82, 2.24) is 10.2 Å². The summed E-state index contributed by atoms with van der Waals surface area (Å²) in [6.07, 6.45) is 1.65. The molecule has 0 unspecified atom stereocenters. The lowest BCUT2D eigenvalue weighted by Gasteiger charge is -2.39. The fourth-order valence-electron chi connectivity index (χ4n) is 1.81. The molecule has 2 aliphatic rings. The van der Waals surface area contributed by atoms with Crippen molar-refractivity contribution in [2.24, 2.45) is 5.92 Å². The van der Waals surface area contributed by atoms with Crippen LogP contribution in [0, 0.1) is 5.92 Å². The van der Waals surface area contributed by atoms with Crippen LogP contribution < -0.4 is 5.32 Å². The summed E-state index contributed by atoms with van der Waals surface area (Å²) in [7, 11) is 0. The SMILES string of the molecule is CC(C)(C)OC(=O)NC1CN(C(=O)C2CC2)C1. The van der Waals surface area contributed by atoms with Gasteiger partial charge in [-0.05, 0) is 33.6 Å². The molecule has 17 heavy (non-hydrogen) atoms. The highest BCUT2D eigenvalue weighted by Crippen LogP contribution is 2.32. The maximum atomic E-state index is 11.6. The Bertz CT molecular complexity index is 325. The number of likely N-dealkylation sites (tertiary alicyclic amines) is 1. The van der Waals surface area contributed by atoms with E-state index in [1.54, 1.807) is 4.90 Å². The van der Waals surface area contributed by atoms with E-state index in [2.05, 4.69) is 5.32 Å². The molecule has 1 N–H and O–H groups in total. The summed E-state index contributed by atoms with van der Waals surface area (Å²) >= 11 is 0. The standard InChI is InChI=1S/C12H20N2O3/c1-12(2,3)17-11(16)13-9-6-14(7-9)10(15)8-4-5-8/h8-9H,4-7H2,1-3H3,(H,13,16). The molecule has 2 fully saturated rings. The molecule has 0 bridgehead atoms. The molecule has 2 rings (SSSR count). The van der Waals surface area contributed by atoms with Crippen molar-refractivity contribution in [3.8, 4) is 0 Å². The van der Waals surface area contributed by atoms with Crippen molar-refractivity contribution in [2.45, 2.75) is 45.3 Å². The molecule has 0 spiro atoms. The first-order valence-corrected chi connectivity index (χ1v) is 6.13. The van der Waals surface area contributed by atoms with Crippen LogP contribution in [-0.2, 0) is 9.53 Å². The van der Waals surface area contributed by atoms with E-state index < -0.39 is 11.7 Å². The van der Waals surface area contributed by atoms with Gasteiger partial charge in [-0.25, -0.2) is 4.79 Å². The fourth-order valence-corrected chi connectivity index (χ4v) is 1.81. The van der Waals surface area contributed by atoms with Crippen LogP contribution in [-0.4, -0.2) is 41.6 Å². The number of alkyl carbamates (subject to hydrolysis) is 1. The van der Waals surface area contributed by atoms with Gasteiger partial charge in [-0.2, -0.15) is 0 Å². The van der Waals surface area contributed by atoms with E-state index in [-0.39, 0.29) is 17.9 Å². The Kier molecular flexibility index (Phi) is 3.02. The van der Waals surface area contributed by atoms with Gasteiger partial charge in [-0.15, -0.1) is 0 Å². The van der Waals surface area contributed by atoms with E-state index in [1.807, 2.05) is 20.8 Å². The zero-order valence-electron chi connectivity index (χ0n) is 10.7. The molecule has 1 aliphatic heterocycles. The van der Waals surface area contributed by atoms with Gasteiger partial charge < -0.3 is 15.0 Å². The molecule has 0 aromatic heterocycles. The minimum atomic E-state index is -0.475. The van der Waals surface area contributed by atoms with E-state index in [1.165, 1.54) is 0 Å². The first-order chi connectivity index (χ1) is 7.85. The molecular formula is C12H20N2O3. The van der Waals surface area contributed by atoms with Crippen LogP contribution >= 0.6 is 0 Å². The van der Waals surface area contributed by atoms with Gasteiger partial charge in [0.1, 0.15) is 5.60 Å². The molecule has 1 heterocycles. The Morgan fingerprint density at radius 2 is 1.82 bits per heavy atom. The monoisotopic (exact) mass is 240 g/mol. The Labute approximate surface area is 101 Å². The van der Waals surface area contributed by atoms with Crippen molar-refractivity contribution in [3.63, 3.8) is 0 Å². The molecule has 0 atom stereocenters. The van der Waals surface area contributed by atoms with Crippen molar-refractivity contribution in [3.05, 3.63) is 0 Å². The molecule has 0 aromatic rings. The van der Waals surface area contributed by atoms with Crippen molar-refractivity contribution in [1.29, 1.82) is 0 Å². The minimum absolute atomic E-state index is 0.0487. The van der Waals surface area contributed by atoms with E-state index in [0.29, 0.717) is 13.1 Å². The zero-order chi connectivity index (χ0) is 12.6. The number of rotatable bonds is 2. The molecular weight excluding hydrogens is 220 g/mol. The molecule has 0 radical (unpaired) electrons. The van der Waals surface area contributed by atoms with Crippen LogP contribution in [0.2, 0.25) is 0 Å². The van der Waals surface area contributed by atoms with Gasteiger partial charge in [-0.1, -0.05) is 0 Å². The summed E-state index contributed by atoms with van der Waals surface area (Å²) in [6, 6.07) is 0.0487. The Morgan fingerprint density at radius 1 is 1.24 bits per heavy atom. The predicted molar refractivity (Wildman–Crippen MR) is 62.5 cm³/mol. The largest absolute Gasteiger partial charge is 0.444 e. The predicted octanol–water partition coefficient (Wildman–Crippen LogP) is 1.13. The average Bonchev–Trinajstić information content (AvgIpc) is 2.88. The van der Waals surface area contributed by atoms with Crippen LogP contribution in [0.25, 0.3) is 0 Å². The van der Waals surface area contributed by atoms with E-state index in [9.17, 15) is 9.59 Å². The molecule has 1 aliphatic carbocycles. The third-order valence-electron chi connectivity index (χ3n) is 2.84. The van der Waals surface area contributed by atoms with Crippen molar-refractivity contribution < 1.29 is 14.3 Å². The van der Waals surface area contributed by atoms with Crippen molar-refractivity contribution >= 4 is 12.0 Å². The van der Waals surface area contributed by atoms with Crippen LogP contribution in [0.1, 0.15) is 33.6 Å². The Hall–Kier alpha value is -1.26. The lowest BCUT2D eigenvalue weighted by atomic mass is 10.1. The lowest BCUT2D eigenvalue weighted by molar-refractivity contribution is -0.137. The highest BCUT2D eigenvalue weighted by Gasteiger charge is 2.39. The number of hydrogen-bond acceptors (Lipinski definition) is 3. The quantitative estimate of drug-likeness (QED) is 0.787. The zero-order valence-corrected chi connectivity index (χ0v) is 10.7. The van der Waals surface area contributed by atoms with E-state index >= 15 is 0 Å². The van der Waals surface area contributed by atoms with E-state index in [4.69, 9.17) is 4.74 Å². The molecule has 96 valence electrons. The molecule has 2 amide bonds. The number of carbonyl (C=O) groups excluding carboxylic acids is 2. The smallest absolute Gasteiger partial charge is 0.407 e. The highest BCUT2D eigenvalue weighted by molar-refractivity contribution is 5.82. The van der Waals surface area contributed by atoms with Crippen molar-refractivity contribution in [2.75, 3.05) is 13.1 Å². The summed E-state index contributed by atoms with van der Waals surface area (Å²) in [5, 5.41) is 2.76. The number of amides is 2. The van der Waals surface area contributed by atoms with Crippen LogP contribution in [0.15, 0.2) is 0 Å². The number of hydrogen-bond donors (Lipinski definition) is 1. The Balaban J connectivity index is 1.66. The second-order valence-electron chi connectivity index (χ2n) is 5.86. The highest BCUT2D eigenvalue weighted by atomic mass is 16.6. The molecule has 1 saturated heterocycles. The maximum absolute atomic E-state index is 11.6. The third kappa shape index (κ3) is 3.35.